The minimum absolute atomic E-state index is 0.0269. The summed E-state index contributed by atoms with van der Waals surface area (Å²) in [4.78, 5) is 20.8. The molecule has 0 fully saturated rings. The van der Waals surface area contributed by atoms with Crippen LogP contribution in [0.1, 0.15) is 12.6 Å². The highest BCUT2D eigenvalue weighted by Crippen LogP contribution is 2.27. The molecule has 0 aromatic carbocycles. The first kappa shape index (κ1) is 13.7. The number of anilines is 1. The van der Waals surface area contributed by atoms with Crippen LogP contribution in [-0.2, 0) is 18.2 Å². The van der Waals surface area contributed by atoms with Crippen molar-refractivity contribution in [2.24, 2.45) is 12.8 Å². The van der Waals surface area contributed by atoms with Crippen molar-refractivity contribution in [2.45, 2.75) is 13.3 Å². The van der Waals surface area contributed by atoms with Crippen LogP contribution >= 0.6 is 0 Å². The normalized spacial score (nSPS) is 10.1. The van der Waals surface area contributed by atoms with Gasteiger partial charge >= 0.3 is 11.8 Å². The lowest BCUT2D eigenvalue weighted by Gasteiger charge is -2.05. The van der Waals surface area contributed by atoms with Crippen LogP contribution in [0.3, 0.4) is 0 Å². The average Bonchev–Trinajstić information content (AvgIpc) is 2.61. The molecule has 0 spiro atoms. The summed E-state index contributed by atoms with van der Waals surface area (Å²) < 4.78 is 5.90. The SMILES string of the molecule is CCc1nn(C)c(NCCOC(N)=O)c1[N+](=O)[O-]. The Bertz CT molecular complexity index is 456. The number of nitrogens with zero attached hydrogens (tertiary/aromatic N) is 3. The summed E-state index contributed by atoms with van der Waals surface area (Å²) in [5.41, 5.74) is 5.14. The van der Waals surface area contributed by atoms with Gasteiger partial charge in [0.15, 0.2) is 0 Å². The van der Waals surface area contributed by atoms with E-state index in [9.17, 15) is 14.9 Å². The molecule has 0 aliphatic rings. The van der Waals surface area contributed by atoms with E-state index in [0.29, 0.717) is 12.1 Å². The third-order valence-corrected chi connectivity index (χ3v) is 2.25. The highest BCUT2D eigenvalue weighted by atomic mass is 16.6. The molecule has 9 heteroatoms. The van der Waals surface area contributed by atoms with Crippen LogP contribution in [-0.4, -0.2) is 33.9 Å². The number of rotatable bonds is 6. The molecule has 1 heterocycles. The van der Waals surface area contributed by atoms with E-state index in [0.717, 1.165) is 0 Å². The molecule has 0 saturated carbocycles. The molecule has 1 rings (SSSR count). The summed E-state index contributed by atoms with van der Waals surface area (Å²) in [5, 5.41) is 17.8. The number of amides is 1. The lowest BCUT2D eigenvalue weighted by molar-refractivity contribution is -0.384. The van der Waals surface area contributed by atoms with Gasteiger partial charge in [-0.05, 0) is 6.42 Å². The van der Waals surface area contributed by atoms with Crippen molar-refractivity contribution >= 4 is 17.6 Å². The van der Waals surface area contributed by atoms with E-state index in [2.05, 4.69) is 15.2 Å². The summed E-state index contributed by atoms with van der Waals surface area (Å²) in [5.74, 6) is 0.282. The van der Waals surface area contributed by atoms with Gasteiger partial charge < -0.3 is 15.8 Å². The second kappa shape index (κ2) is 5.84. The van der Waals surface area contributed by atoms with Crippen LogP contribution in [0.2, 0.25) is 0 Å². The Balaban J connectivity index is 2.78. The number of nitro groups is 1. The predicted octanol–water partition coefficient (Wildman–Crippen LogP) is 0.398. The number of carbonyl (C=O) groups is 1. The molecule has 0 saturated heterocycles. The number of nitrogens with two attached hydrogens (primary N) is 1. The number of aromatic nitrogens is 2. The number of hydrogen-bond acceptors (Lipinski definition) is 6. The number of ether oxygens (including phenoxy) is 1. The van der Waals surface area contributed by atoms with Crippen molar-refractivity contribution < 1.29 is 14.5 Å². The Morgan fingerprint density at radius 2 is 2.33 bits per heavy atom. The smallest absolute Gasteiger partial charge is 0.404 e. The van der Waals surface area contributed by atoms with Gasteiger partial charge in [-0.2, -0.15) is 5.10 Å². The van der Waals surface area contributed by atoms with Crippen molar-refractivity contribution in [1.82, 2.24) is 9.78 Å². The zero-order valence-corrected chi connectivity index (χ0v) is 10.2. The molecule has 100 valence electrons. The fourth-order valence-electron chi connectivity index (χ4n) is 1.52. The Morgan fingerprint density at radius 1 is 1.67 bits per heavy atom. The molecule has 1 aromatic heterocycles. The van der Waals surface area contributed by atoms with Crippen LogP contribution in [0.5, 0.6) is 0 Å². The van der Waals surface area contributed by atoms with Gasteiger partial charge in [-0.15, -0.1) is 0 Å². The van der Waals surface area contributed by atoms with E-state index < -0.39 is 11.0 Å². The summed E-state index contributed by atoms with van der Waals surface area (Å²) in [6.07, 6.45) is -0.422. The van der Waals surface area contributed by atoms with Crippen molar-refractivity contribution in [3.05, 3.63) is 15.8 Å². The fourth-order valence-corrected chi connectivity index (χ4v) is 1.52. The van der Waals surface area contributed by atoms with Gasteiger partial charge in [0.05, 0.1) is 11.5 Å². The maximum Gasteiger partial charge on any atom is 0.404 e. The largest absolute Gasteiger partial charge is 0.448 e. The highest BCUT2D eigenvalue weighted by Gasteiger charge is 2.25. The highest BCUT2D eigenvalue weighted by molar-refractivity contribution is 5.64. The topological polar surface area (TPSA) is 125 Å². The van der Waals surface area contributed by atoms with Gasteiger partial charge in [0, 0.05) is 7.05 Å². The Kier molecular flexibility index (Phi) is 4.46. The minimum atomic E-state index is -0.884. The Labute approximate surface area is 103 Å². The van der Waals surface area contributed by atoms with E-state index in [1.165, 1.54) is 4.68 Å². The summed E-state index contributed by atoms with van der Waals surface area (Å²) in [6.45, 7) is 2.03. The molecule has 1 amide bonds. The quantitative estimate of drug-likeness (QED) is 0.431. The third kappa shape index (κ3) is 3.09. The first-order valence-electron chi connectivity index (χ1n) is 5.33. The van der Waals surface area contributed by atoms with Crippen molar-refractivity contribution in [3.8, 4) is 0 Å². The lowest BCUT2D eigenvalue weighted by Crippen LogP contribution is -2.19. The summed E-state index contributed by atoms with van der Waals surface area (Å²) in [6, 6.07) is 0. The second-order valence-corrected chi connectivity index (χ2v) is 3.47. The number of primary amides is 1. The van der Waals surface area contributed by atoms with Gasteiger partial charge in [0.25, 0.3) is 0 Å². The van der Waals surface area contributed by atoms with E-state index in [4.69, 9.17) is 5.73 Å². The minimum Gasteiger partial charge on any atom is -0.448 e. The standard InChI is InChI=1S/C9H15N5O4/c1-3-6-7(14(16)17)8(13(2)12-6)11-4-5-18-9(10)15/h11H,3-5H2,1-2H3,(H2,10,15). The average molecular weight is 257 g/mol. The molecule has 0 radical (unpaired) electrons. The Hall–Kier alpha value is -2.32. The second-order valence-electron chi connectivity index (χ2n) is 3.47. The third-order valence-electron chi connectivity index (χ3n) is 2.25. The van der Waals surface area contributed by atoms with Crippen molar-refractivity contribution in [3.63, 3.8) is 0 Å². The molecule has 0 unspecified atom stereocenters. The van der Waals surface area contributed by atoms with Crippen molar-refractivity contribution in [2.75, 3.05) is 18.5 Å². The van der Waals surface area contributed by atoms with Crippen LogP contribution in [0.15, 0.2) is 0 Å². The molecule has 0 bridgehead atoms. The van der Waals surface area contributed by atoms with Gasteiger partial charge in [-0.1, -0.05) is 6.92 Å². The Morgan fingerprint density at radius 3 is 2.83 bits per heavy atom. The first-order valence-corrected chi connectivity index (χ1v) is 5.33. The van der Waals surface area contributed by atoms with Crippen LogP contribution < -0.4 is 11.1 Å². The van der Waals surface area contributed by atoms with E-state index in [1.807, 2.05) is 0 Å². The molecule has 9 nitrogen and oxygen atoms in total. The van der Waals surface area contributed by atoms with E-state index in [-0.39, 0.29) is 24.7 Å². The number of carbonyl (C=O) groups excluding carboxylic acids is 1. The van der Waals surface area contributed by atoms with Gasteiger partial charge in [0.1, 0.15) is 12.3 Å². The maximum atomic E-state index is 11.0. The van der Waals surface area contributed by atoms with Gasteiger partial charge in [-0.25, -0.2) is 9.48 Å². The molecular weight excluding hydrogens is 242 g/mol. The van der Waals surface area contributed by atoms with Gasteiger partial charge in [0.2, 0.25) is 5.82 Å². The summed E-state index contributed by atoms with van der Waals surface area (Å²) in [7, 11) is 1.60. The van der Waals surface area contributed by atoms with E-state index in [1.54, 1.807) is 14.0 Å². The zero-order valence-electron chi connectivity index (χ0n) is 10.2. The van der Waals surface area contributed by atoms with Crippen LogP contribution in [0.4, 0.5) is 16.3 Å². The maximum absolute atomic E-state index is 11.0. The molecule has 0 atom stereocenters. The summed E-state index contributed by atoms with van der Waals surface area (Å²) >= 11 is 0. The molecule has 0 aliphatic carbocycles. The molecule has 0 aliphatic heterocycles. The van der Waals surface area contributed by atoms with Crippen molar-refractivity contribution in [1.29, 1.82) is 0 Å². The first-order chi connectivity index (χ1) is 8.47. The van der Waals surface area contributed by atoms with E-state index >= 15 is 0 Å². The zero-order chi connectivity index (χ0) is 13.7. The lowest BCUT2D eigenvalue weighted by atomic mass is 10.3. The predicted molar refractivity (Wildman–Crippen MR) is 63.3 cm³/mol. The molecular formula is C9H15N5O4. The number of aryl methyl sites for hydroxylation is 2. The number of hydrogen-bond donors (Lipinski definition) is 2. The monoisotopic (exact) mass is 257 g/mol. The molecule has 3 N–H and O–H groups in total. The van der Waals surface area contributed by atoms with Gasteiger partial charge in [-0.3, -0.25) is 10.1 Å². The molecule has 1 aromatic rings. The molecule has 18 heavy (non-hydrogen) atoms. The fraction of sp³-hybridized carbons (Fsp3) is 0.556. The number of nitrogens with one attached hydrogen (secondary N) is 1. The van der Waals surface area contributed by atoms with Crippen LogP contribution in [0, 0.1) is 10.1 Å². The van der Waals surface area contributed by atoms with Crippen LogP contribution in [0.25, 0.3) is 0 Å².